The molecule has 0 aromatic rings. The molecule has 2 N–H and O–H groups in total. The van der Waals surface area contributed by atoms with Gasteiger partial charge in [-0.05, 0) is 19.9 Å². The van der Waals surface area contributed by atoms with Crippen LogP contribution in [0.2, 0.25) is 0 Å². The molecule has 0 aromatic heterocycles. The van der Waals surface area contributed by atoms with Gasteiger partial charge in [0, 0.05) is 36.6 Å². The van der Waals surface area contributed by atoms with Crippen molar-refractivity contribution in [3.05, 3.63) is 12.7 Å². The van der Waals surface area contributed by atoms with Crippen LogP contribution in [0.25, 0.3) is 0 Å². The molecule has 1 saturated heterocycles. The highest BCUT2D eigenvalue weighted by molar-refractivity contribution is 5.20. The molecular weight excluding hydrogens is 212 g/mol. The molecule has 0 amide bonds. The maximum atomic E-state index is 6.71. The summed E-state index contributed by atoms with van der Waals surface area (Å²) in [6.07, 6.45) is 4.66. The van der Waals surface area contributed by atoms with Crippen LogP contribution in [0.4, 0.5) is 0 Å². The number of hydrogen-bond donors (Lipinski definition) is 1. The van der Waals surface area contributed by atoms with Gasteiger partial charge in [-0.1, -0.05) is 19.9 Å². The van der Waals surface area contributed by atoms with Crippen LogP contribution in [0.15, 0.2) is 12.7 Å². The number of nitrogens with two attached hydrogens (primary N) is 1. The van der Waals surface area contributed by atoms with Gasteiger partial charge in [-0.3, -0.25) is 0 Å². The molecule has 3 atom stereocenters. The Hall–Kier alpha value is -0.380. The van der Waals surface area contributed by atoms with E-state index in [2.05, 4.69) is 32.4 Å². The fourth-order valence-electron chi connectivity index (χ4n) is 3.72. The van der Waals surface area contributed by atoms with Crippen LogP contribution in [0, 0.1) is 11.3 Å². The first-order valence-corrected chi connectivity index (χ1v) is 6.63. The molecule has 3 unspecified atom stereocenters. The van der Waals surface area contributed by atoms with Crippen LogP contribution >= 0.6 is 0 Å². The molecule has 0 aromatic carbocycles. The predicted octanol–water partition coefficient (Wildman–Crippen LogP) is 1.64. The molecule has 1 saturated carbocycles. The van der Waals surface area contributed by atoms with Gasteiger partial charge in [0.25, 0.3) is 0 Å². The second kappa shape index (κ2) is 4.38. The summed E-state index contributed by atoms with van der Waals surface area (Å²) in [5.41, 5.74) is 6.67. The zero-order chi connectivity index (χ0) is 12.7. The maximum Gasteiger partial charge on any atom is 0.0690 e. The predicted molar refractivity (Wildman–Crippen MR) is 70.9 cm³/mol. The summed E-state index contributed by atoms with van der Waals surface area (Å²) in [7, 11) is 2.11. The van der Waals surface area contributed by atoms with Gasteiger partial charge in [0.2, 0.25) is 0 Å². The SMILES string of the molecule is C=CCN(C)CC1(N)C2CCCOC2C1(C)C. The molecular formula is C14H26N2O. The minimum Gasteiger partial charge on any atom is -0.377 e. The molecule has 17 heavy (non-hydrogen) atoms. The van der Waals surface area contributed by atoms with Crippen molar-refractivity contribution in [1.82, 2.24) is 4.90 Å². The molecule has 1 aliphatic heterocycles. The lowest BCUT2D eigenvalue weighted by Crippen LogP contribution is -2.80. The van der Waals surface area contributed by atoms with Gasteiger partial charge < -0.3 is 15.4 Å². The summed E-state index contributed by atoms with van der Waals surface area (Å²) >= 11 is 0. The summed E-state index contributed by atoms with van der Waals surface area (Å²) in [4.78, 5) is 2.26. The first-order valence-electron chi connectivity index (χ1n) is 6.63. The number of fused-ring (bicyclic) bond motifs is 1. The number of hydrogen-bond acceptors (Lipinski definition) is 3. The van der Waals surface area contributed by atoms with Gasteiger partial charge in [0.15, 0.2) is 0 Å². The van der Waals surface area contributed by atoms with Crippen molar-refractivity contribution in [2.45, 2.75) is 38.3 Å². The van der Waals surface area contributed by atoms with Crippen molar-refractivity contribution < 1.29 is 4.74 Å². The largest absolute Gasteiger partial charge is 0.377 e. The monoisotopic (exact) mass is 238 g/mol. The van der Waals surface area contributed by atoms with Crippen LogP contribution in [0.5, 0.6) is 0 Å². The van der Waals surface area contributed by atoms with E-state index in [4.69, 9.17) is 10.5 Å². The highest BCUT2D eigenvalue weighted by atomic mass is 16.5. The summed E-state index contributed by atoms with van der Waals surface area (Å²) < 4.78 is 5.91. The van der Waals surface area contributed by atoms with Crippen LogP contribution in [-0.4, -0.2) is 43.3 Å². The van der Waals surface area contributed by atoms with E-state index in [0.717, 1.165) is 26.1 Å². The molecule has 3 nitrogen and oxygen atoms in total. The van der Waals surface area contributed by atoms with Crippen molar-refractivity contribution in [2.24, 2.45) is 17.1 Å². The lowest BCUT2D eigenvalue weighted by molar-refractivity contribution is -0.231. The Morgan fingerprint density at radius 1 is 1.53 bits per heavy atom. The van der Waals surface area contributed by atoms with Crippen molar-refractivity contribution in [1.29, 1.82) is 0 Å². The van der Waals surface area contributed by atoms with E-state index in [1.54, 1.807) is 0 Å². The Labute approximate surface area is 105 Å². The summed E-state index contributed by atoms with van der Waals surface area (Å²) in [5, 5.41) is 0. The first-order chi connectivity index (χ1) is 7.93. The highest BCUT2D eigenvalue weighted by Gasteiger charge is 2.66. The molecule has 1 heterocycles. The number of likely N-dealkylation sites (N-methyl/N-ethyl adjacent to an activating group) is 1. The van der Waals surface area contributed by atoms with Crippen LogP contribution in [0.3, 0.4) is 0 Å². The fraction of sp³-hybridized carbons (Fsp3) is 0.857. The molecule has 0 bridgehead atoms. The van der Waals surface area contributed by atoms with Crippen molar-refractivity contribution in [3.8, 4) is 0 Å². The molecule has 0 radical (unpaired) electrons. The molecule has 3 heteroatoms. The number of ether oxygens (including phenoxy) is 1. The lowest BCUT2D eigenvalue weighted by atomic mass is 9.46. The fourth-order valence-corrected chi connectivity index (χ4v) is 3.72. The number of rotatable bonds is 4. The zero-order valence-corrected chi connectivity index (χ0v) is 11.4. The van der Waals surface area contributed by atoms with Gasteiger partial charge in [-0.2, -0.15) is 0 Å². The average molecular weight is 238 g/mol. The average Bonchev–Trinajstić information content (AvgIpc) is 2.29. The van der Waals surface area contributed by atoms with E-state index < -0.39 is 0 Å². The summed E-state index contributed by atoms with van der Waals surface area (Å²) in [5.74, 6) is 0.526. The van der Waals surface area contributed by atoms with Gasteiger partial charge in [0.05, 0.1) is 6.10 Å². The van der Waals surface area contributed by atoms with E-state index in [1.165, 1.54) is 6.42 Å². The third kappa shape index (κ3) is 1.85. The van der Waals surface area contributed by atoms with E-state index >= 15 is 0 Å². The lowest BCUT2D eigenvalue weighted by Gasteiger charge is -2.67. The Balaban J connectivity index is 2.09. The second-order valence-electron chi connectivity index (χ2n) is 6.29. The number of nitrogens with zero attached hydrogens (tertiary/aromatic N) is 1. The molecule has 2 rings (SSSR count). The molecule has 2 fully saturated rings. The van der Waals surface area contributed by atoms with Gasteiger partial charge in [-0.15, -0.1) is 6.58 Å². The van der Waals surface area contributed by atoms with Gasteiger partial charge >= 0.3 is 0 Å². The van der Waals surface area contributed by atoms with Crippen molar-refractivity contribution in [3.63, 3.8) is 0 Å². The molecule has 2 aliphatic rings. The van der Waals surface area contributed by atoms with E-state index in [1.807, 2.05) is 6.08 Å². The van der Waals surface area contributed by atoms with Gasteiger partial charge in [-0.25, -0.2) is 0 Å². The van der Waals surface area contributed by atoms with Gasteiger partial charge in [0.1, 0.15) is 0 Å². The van der Waals surface area contributed by atoms with Crippen molar-refractivity contribution in [2.75, 3.05) is 26.7 Å². The Morgan fingerprint density at radius 2 is 2.24 bits per heavy atom. The highest BCUT2D eigenvalue weighted by Crippen LogP contribution is 2.57. The zero-order valence-electron chi connectivity index (χ0n) is 11.4. The molecule has 98 valence electrons. The van der Waals surface area contributed by atoms with E-state index in [0.29, 0.717) is 12.0 Å². The normalized spacial score (nSPS) is 39.6. The molecule has 0 spiro atoms. The molecule has 1 aliphatic carbocycles. The minimum absolute atomic E-state index is 0.0769. The third-order valence-corrected chi connectivity index (χ3v) is 4.87. The third-order valence-electron chi connectivity index (χ3n) is 4.87. The quantitative estimate of drug-likeness (QED) is 0.757. The summed E-state index contributed by atoms with van der Waals surface area (Å²) in [6.45, 7) is 11.0. The Kier molecular flexibility index (Phi) is 3.36. The summed E-state index contributed by atoms with van der Waals surface area (Å²) in [6, 6.07) is 0. The van der Waals surface area contributed by atoms with Crippen LogP contribution in [0.1, 0.15) is 26.7 Å². The van der Waals surface area contributed by atoms with E-state index in [-0.39, 0.29) is 11.0 Å². The Bertz CT molecular complexity index is 303. The maximum absolute atomic E-state index is 6.71. The topological polar surface area (TPSA) is 38.5 Å². The first kappa shape index (κ1) is 13.1. The van der Waals surface area contributed by atoms with E-state index in [9.17, 15) is 0 Å². The smallest absolute Gasteiger partial charge is 0.0690 e. The van der Waals surface area contributed by atoms with Crippen LogP contribution in [-0.2, 0) is 4.74 Å². The standard InChI is InChI=1S/C14H26N2O/c1-5-8-16(4)10-14(15)11-7-6-9-17-12(11)13(14,2)3/h5,11-12H,1,6-10,15H2,2-4H3. The minimum atomic E-state index is -0.115. The second-order valence-corrected chi connectivity index (χ2v) is 6.29. The van der Waals surface area contributed by atoms with Crippen molar-refractivity contribution >= 4 is 0 Å². The Morgan fingerprint density at radius 3 is 2.88 bits per heavy atom. The van der Waals surface area contributed by atoms with Crippen LogP contribution < -0.4 is 5.73 Å².